The highest BCUT2D eigenvalue weighted by atomic mass is 35.5. The van der Waals surface area contributed by atoms with Gasteiger partial charge >= 0.3 is 5.97 Å². The van der Waals surface area contributed by atoms with E-state index in [-0.39, 0.29) is 23.7 Å². The number of halogens is 2. The summed E-state index contributed by atoms with van der Waals surface area (Å²) in [5, 5.41) is 1.02. The van der Waals surface area contributed by atoms with Gasteiger partial charge in [-0.15, -0.1) is 0 Å². The standard InChI is InChI=1S/C32H41Cl2NO4/c1-21(2)26-24(33)18-23-27(28(26)34)29(36)35(16-9-10-17-39-20-22-12-7-6-8-13-22)19-25-31(23,3)14-11-15-32(25,4)30(37)38-5/h6-8,12-13,18,21,25H,9-11,14-17,19-20H2,1-5H3/t25?,31-,32-/m1/s1. The molecule has 5 nitrogen and oxygen atoms in total. The smallest absolute Gasteiger partial charge is 0.311 e. The molecule has 7 heteroatoms. The van der Waals surface area contributed by atoms with E-state index in [1.54, 1.807) is 0 Å². The van der Waals surface area contributed by atoms with Crippen LogP contribution in [0, 0.1) is 11.3 Å². The summed E-state index contributed by atoms with van der Waals surface area (Å²) in [6.45, 7) is 10.5. The minimum absolute atomic E-state index is 0.0665. The van der Waals surface area contributed by atoms with Gasteiger partial charge in [-0.25, -0.2) is 0 Å². The van der Waals surface area contributed by atoms with E-state index in [0.717, 1.165) is 48.8 Å². The number of amides is 1. The average Bonchev–Trinajstić information content (AvgIpc) is 2.99. The van der Waals surface area contributed by atoms with Crippen molar-refractivity contribution in [2.75, 3.05) is 26.8 Å². The third kappa shape index (κ3) is 5.73. The third-order valence-corrected chi connectivity index (χ3v) is 9.72. The van der Waals surface area contributed by atoms with E-state index in [2.05, 4.69) is 6.92 Å². The lowest BCUT2D eigenvalue weighted by atomic mass is 9.53. The number of rotatable bonds is 9. The summed E-state index contributed by atoms with van der Waals surface area (Å²) in [6, 6.07) is 12.1. The number of fused-ring (bicyclic) bond motifs is 3. The fourth-order valence-corrected chi connectivity index (χ4v) is 7.80. The zero-order valence-corrected chi connectivity index (χ0v) is 25.3. The summed E-state index contributed by atoms with van der Waals surface area (Å²) in [5.41, 5.74) is 2.17. The maximum Gasteiger partial charge on any atom is 0.311 e. The van der Waals surface area contributed by atoms with E-state index in [0.29, 0.717) is 41.9 Å². The highest BCUT2D eigenvalue weighted by Crippen LogP contribution is 2.57. The Labute approximate surface area is 243 Å². The van der Waals surface area contributed by atoms with Crippen LogP contribution < -0.4 is 0 Å². The molecule has 1 aliphatic carbocycles. The Balaban J connectivity index is 1.64. The summed E-state index contributed by atoms with van der Waals surface area (Å²) in [7, 11) is 1.45. The van der Waals surface area contributed by atoms with Crippen LogP contribution in [0.2, 0.25) is 10.0 Å². The Morgan fingerprint density at radius 1 is 1.13 bits per heavy atom. The number of esters is 1. The van der Waals surface area contributed by atoms with Crippen molar-refractivity contribution in [3.05, 3.63) is 68.7 Å². The van der Waals surface area contributed by atoms with Gasteiger partial charge in [0.15, 0.2) is 0 Å². The molecule has 2 aromatic rings. The Morgan fingerprint density at radius 2 is 1.85 bits per heavy atom. The number of hydrogen-bond donors (Lipinski definition) is 0. The summed E-state index contributed by atoms with van der Waals surface area (Å²) < 4.78 is 11.2. The molecule has 1 fully saturated rings. The number of unbranched alkanes of at least 4 members (excludes halogenated alkanes) is 1. The molecule has 212 valence electrons. The second-order valence-corrected chi connectivity index (χ2v) is 12.7. The third-order valence-electron chi connectivity index (χ3n) is 9.01. The van der Waals surface area contributed by atoms with Crippen LogP contribution >= 0.6 is 23.2 Å². The minimum Gasteiger partial charge on any atom is -0.469 e. The van der Waals surface area contributed by atoms with Crippen molar-refractivity contribution >= 4 is 35.1 Å². The van der Waals surface area contributed by atoms with Crippen LogP contribution in [-0.2, 0) is 26.3 Å². The lowest BCUT2D eigenvalue weighted by Gasteiger charge is -2.51. The van der Waals surface area contributed by atoms with E-state index in [4.69, 9.17) is 32.7 Å². The maximum absolute atomic E-state index is 14.2. The molecule has 1 heterocycles. The van der Waals surface area contributed by atoms with Gasteiger partial charge < -0.3 is 14.4 Å². The zero-order valence-electron chi connectivity index (χ0n) is 23.8. The van der Waals surface area contributed by atoms with Crippen LogP contribution in [0.3, 0.4) is 0 Å². The van der Waals surface area contributed by atoms with Gasteiger partial charge in [0.05, 0.1) is 29.7 Å². The number of methoxy groups -OCH3 is 1. The van der Waals surface area contributed by atoms with Crippen LogP contribution in [0.5, 0.6) is 0 Å². The predicted molar refractivity (Wildman–Crippen MR) is 157 cm³/mol. The minimum atomic E-state index is -0.726. The van der Waals surface area contributed by atoms with Gasteiger partial charge in [-0.05, 0) is 66.7 Å². The first-order valence-corrected chi connectivity index (χ1v) is 14.8. The van der Waals surface area contributed by atoms with E-state index in [9.17, 15) is 9.59 Å². The van der Waals surface area contributed by atoms with Crippen molar-refractivity contribution < 1.29 is 19.1 Å². The largest absolute Gasteiger partial charge is 0.469 e. The van der Waals surface area contributed by atoms with Crippen molar-refractivity contribution in [2.45, 2.75) is 77.7 Å². The summed E-state index contributed by atoms with van der Waals surface area (Å²) in [6.07, 6.45) is 4.03. The lowest BCUT2D eigenvalue weighted by Crippen LogP contribution is -2.54. The molecule has 1 amide bonds. The predicted octanol–water partition coefficient (Wildman–Crippen LogP) is 7.81. The van der Waals surface area contributed by atoms with Crippen LogP contribution in [0.4, 0.5) is 0 Å². The quantitative estimate of drug-likeness (QED) is 0.227. The molecule has 1 aliphatic heterocycles. The first-order chi connectivity index (χ1) is 18.5. The number of carbonyl (C=O) groups is 2. The van der Waals surface area contributed by atoms with Crippen LogP contribution in [-0.4, -0.2) is 43.6 Å². The summed E-state index contributed by atoms with van der Waals surface area (Å²) in [4.78, 5) is 29.4. The van der Waals surface area contributed by atoms with Crippen LogP contribution in [0.25, 0.3) is 0 Å². The Hall–Kier alpha value is -2.08. The molecule has 0 saturated heterocycles. The van der Waals surface area contributed by atoms with Gasteiger partial charge in [-0.3, -0.25) is 9.59 Å². The first kappa shape index (κ1) is 29.9. The van der Waals surface area contributed by atoms with E-state index in [1.165, 1.54) is 7.11 Å². The van der Waals surface area contributed by atoms with Gasteiger partial charge in [0.2, 0.25) is 0 Å². The number of benzene rings is 2. The van der Waals surface area contributed by atoms with Crippen LogP contribution in [0.15, 0.2) is 36.4 Å². The molecular weight excluding hydrogens is 533 g/mol. The fourth-order valence-electron chi connectivity index (χ4n) is 6.83. The molecule has 2 aliphatic rings. The monoisotopic (exact) mass is 573 g/mol. The molecule has 1 unspecified atom stereocenters. The normalized spacial score (nSPS) is 24.8. The average molecular weight is 575 g/mol. The highest BCUT2D eigenvalue weighted by molar-refractivity contribution is 6.38. The van der Waals surface area contributed by atoms with Crippen molar-refractivity contribution in [3.8, 4) is 0 Å². The first-order valence-electron chi connectivity index (χ1n) is 14.1. The van der Waals surface area contributed by atoms with Crippen molar-refractivity contribution in [2.24, 2.45) is 11.3 Å². The Morgan fingerprint density at radius 3 is 2.51 bits per heavy atom. The maximum atomic E-state index is 14.2. The fraction of sp³-hybridized carbons (Fsp3) is 0.562. The second-order valence-electron chi connectivity index (χ2n) is 11.9. The lowest BCUT2D eigenvalue weighted by molar-refractivity contribution is -0.161. The molecule has 1 saturated carbocycles. The van der Waals surface area contributed by atoms with Gasteiger partial charge in [-0.1, -0.05) is 80.7 Å². The molecule has 2 aromatic carbocycles. The van der Waals surface area contributed by atoms with Gasteiger partial charge in [0.1, 0.15) is 0 Å². The highest BCUT2D eigenvalue weighted by Gasteiger charge is 2.57. The van der Waals surface area contributed by atoms with Gasteiger partial charge in [0, 0.05) is 30.6 Å². The van der Waals surface area contributed by atoms with Gasteiger partial charge in [-0.2, -0.15) is 0 Å². The van der Waals surface area contributed by atoms with Crippen molar-refractivity contribution in [1.82, 2.24) is 4.90 Å². The molecule has 0 aromatic heterocycles. The van der Waals surface area contributed by atoms with E-state index in [1.807, 2.05) is 62.1 Å². The summed E-state index contributed by atoms with van der Waals surface area (Å²) in [5.74, 6) is -0.374. The number of ether oxygens (including phenoxy) is 2. The van der Waals surface area contributed by atoms with E-state index < -0.39 is 10.8 Å². The zero-order chi connectivity index (χ0) is 28.4. The molecule has 0 bridgehead atoms. The van der Waals surface area contributed by atoms with Crippen molar-refractivity contribution in [3.63, 3.8) is 0 Å². The number of hydrogen-bond acceptors (Lipinski definition) is 4. The Bertz CT molecular complexity index is 1200. The second kappa shape index (κ2) is 12.2. The topological polar surface area (TPSA) is 55.8 Å². The Kier molecular flexibility index (Phi) is 9.35. The number of nitrogens with zero attached hydrogens (tertiary/aromatic N) is 1. The molecule has 4 rings (SSSR count). The van der Waals surface area contributed by atoms with E-state index >= 15 is 0 Å². The molecule has 39 heavy (non-hydrogen) atoms. The summed E-state index contributed by atoms with van der Waals surface area (Å²) >= 11 is 13.8. The van der Waals surface area contributed by atoms with Gasteiger partial charge in [0.25, 0.3) is 5.91 Å². The molecule has 3 atom stereocenters. The van der Waals surface area contributed by atoms with Crippen LogP contribution in [0.1, 0.15) is 92.8 Å². The SMILES string of the molecule is COC(=O)[C@]1(C)CCC[C@]2(C)c3cc(Cl)c(C(C)C)c(Cl)c3C(=O)N(CCCCOCc3ccccc3)CC12. The molecule has 0 spiro atoms. The molecular formula is C32H41Cl2NO4. The molecule has 0 N–H and O–H groups in total. The van der Waals surface area contributed by atoms with Crippen molar-refractivity contribution in [1.29, 1.82) is 0 Å². The number of carbonyl (C=O) groups excluding carboxylic acids is 2. The molecule has 0 radical (unpaired) electrons.